The van der Waals surface area contributed by atoms with Gasteiger partial charge >= 0.3 is 12.1 Å². The van der Waals surface area contributed by atoms with Crippen LogP contribution < -0.4 is 0 Å². The zero-order chi connectivity index (χ0) is 9.78. The van der Waals surface area contributed by atoms with E-state index in [1.807, 2.05) is 0 Å². The van der Waals surface area contributed by atoms with Crippen LogP contribution in [0.25, 0.3) is 0 Å². The van der Waals surface area contributed by atoms with Crippen molar-refractivity contribution in [2.24, 2.45) is 5.92 Å². The topological polar surface area (TPSA) is 37.3 Å². The number of aliphatic carboxylic acids is 1. The van der Waals surface area contributed by atoms with Crippen molar-refractivity contribution in [1.82, 2.24) is 0 Å². The minimum Gasteiger partial charge on any atom is -0.481 e. The van der Waals surface area contributed by atoms with Gasteiger partial charge in [0.1, 0.15) is 0 Å². The Morgan fingerprint density at radius 3 is 2.33 bits per heavy atom. The SMILES string of the molecule is C=CC[C@@H](CC(F)(F)F)C(=O)O. The van der Waals surface area contributed by atoms with E-state index in [-0.39, 0.29) is 6.42 Å². The van der Waals surface area contributed by atoms with Gasteiger partial charge in [-0.25, -0.2) is 0 Å². The number of alkyl halides is 3. The third-order valence-electron chi connectivity index (χ3n) is 1.28. The fourth-order valence-corrected chi connectivity index (χ4v) is 0.752. The summed E-state index contributed by atoms with van der Waals surface area (Å²) in [5, 5.41) is 8.32. The summed E-state index contributed by atoms with van der Waals surface area (Å²) in [7, 11) is 0. The summed E-state index contributed by atoms with van der Waals surface area (Å²) < 4.78 is 35.1. The standard InChI is InChI=1S/C7H9F3O2/c1-2-3-5(6(11)12)4-7(8,9)10/h2,5H,1,3-4H2,(H,11,12)/t5-/m0/s1. The van der Waals surface area contributed by atoms with Gasteiger partial charge in [0.05, 0.1) is 12.3 Å². The fraction of sp³-hybridized carbons (Fsp3) is 0.571. The summed E-state index contributed by atoms with van der Waals surface area (Å²) in [6.45, 7) is 3.18. The van der Waals surface area contributed by atoms with Crippen LogP contribution in [0.5, 0.6) is 0 Å². The van der Waals surface area contributed by atoms with Gasteiger partial charge in [-0.15, -0.1) is 6.58 Å². The van der Waals surface area contributed by atoms with E-state index in [9.17, 15) is 18.0 Å². The Balaban J connectivity index is 4.13. The Morgan fingerprint density at radius 2 is 2.08 bits per heavy atom. The second-order valence-electron chi connectivity index (χ2n) is 2.38. The number of carboxylic acids is 1. The molecule has 0 aromatic rings. The number of hydrogen-bond donors (Lipinski definition) is 1. The van der Waals surface area contributed by atoms with Gasteiger partial charge in [0.25, 0.3) is 0 Å². The molecule has 0 amide bonds. The lowest BCUT2D eigenvalue weighted by atomic mass is 10.0. The zero-order valence-corrected chi connectivity index (χ0v) is 6.27. The van der Waals surface area contributed by atoms with Crippen LogP contribution in [0, 0.1) is 5.92 Å². The largest absolute Gasteiger partial charge is 0.481 e. The molecule has 0 aromatic carbocycles. The molecule has 0 aliphatic carbocycles. The molecule has 0 heterocycles. The van der Waals surface area contributed by atoms with Crippen LogP contribution in [0.3, 0.4) is 0 Å². The second kappa shape index (κ2) is 4.13. The highest BCUT2D eigenvalue weighted by Gasteiger charge is 2.34. The minimum atomic E-state index is -4.42. The van der Waals surface area contributed by atoms with Crippen molar-refractivity contribution < 1.29 is 23.1 Å². The van der Waals surface area contributed by atoms with Crippen LogP contribution in [0.4, 0.5) is 13.2 Å². The molecular formula is C7H9F3O2. The quantitative estimate of drug-likeness (QED) is 0.677. The van der Waals surface area contributed by atoms with E-state index in [4.69, 9.17) is 5.11 Å². The minimum absolute atomic E-state index is 0.158. The maximum atomic E-state index is 11.7. The molecule has 0 saturated carbocycles. The molecule has 70 valence electrons. The summed E-state index contributed by atoms with van der Waals surface area (Å²) in [4.78, 5) is 10.2. The molecule has 0 bridgehead atoms. The van der Waals surface area contributed by atoms with Gasteiger partial charge in [0.2, 0.25) is 0 Å². The van der Waals surface area contributed by atoms with E-state index in [1.54, 1.807) is 0 Å². The zero-order valence-electron chi connectivity index (χ0n) is 6.27. The lowest BCUT2D eigenvalue weighted by Gasteiger charge is -2.11. The number of carbonyl (C=O) groups is 1. The van der Waals surface area contributed by atoms with Crippen LogP contribution in [-0.4, -0.2) is 17.3 Å². The molecule has 12 heavy (non-hydrogen) atoms. The highest BCUT2D eigenvalue weighted by molar-refractivity contribution is 5.70. The van der Waals surface area contributed by atoms with E-state index in [2.05, 4.69) is 6.58 Å². The van der Waals surface area contributed by atoms with Crippen molar-refractivity contribution in [2.75, 3.05) is 0 Å². The van der Waals surface area contributed by atoms with Gasteiger partial charge in [0.15, 0.2) is 0 Å². The third-order valence-corrected chi connectivity index (χ3v) is 1.28. The molecule has 0 unspecified atom stereocenters. The average molecular weight is 182 g/mol. The molecule has 1 atom stereocenters. The summed E-state index contributed by atoms with van der Waals surface area (Å²) in [5.41, 5.74) is 0. The Bertz CT molecular complexity index is 174. The summed E-state index contributed by atoms with van der Waals surface area (Å²) >= 11 is 0. The third kappa shape index (κ3) is 4.76. The van der Waals surface area contributed by atoms with Gasteiger partial charge in [-0.05, 0) is 6.42 Å². The fourth-order valence-electron chi connectivity index (χ4n) is 0.752. The van der Waals surface area contributed by atoms with Crippen LogP contribution in [-0.2, 0) is 4.79 Å². The monoisotopic (exact) mass is 182 g/mol. The van der Waals surface area contributed by atoms with Crippen LogP contribution >= 0.6 is 0 Å². The molecule has 5 heteroatoms. The lowest BCUT2D eigenvalue weighted by molar-refractivity contribution is -0.163. The Morgan fingerprint density at radius 1 is 1.58 bits per heavy atom. The van der Waals surface area contributed by atoms with Gasteiger partial charge in [-0.3, -0.25) is 4.79 Å². The van der Waals surface area contributed by atoms with E-state index >= 15 is 0 Å². The molecule has 0 spiro atoms. The van der Waals surface area contributed by atoms with Gasteiger partial charge in [-0.2, -0.15) is 13.2 Å². The second-order valence-corrected chi connectivity index (χ2v) is 2.38. The molecule has 0 aliphatic rings. The number of rotatable bonds is 4. The molecule has 2 nitrogen and oxygen atoms in total. The van der Waals surface area contributed by atoms with Gasteiger partial charge in [0, 0.05) is 0 Å². The first-order valence-electron chi connectivity index (χ1n) is 3.27. The van der Waals surface area contributed by atoms with Gasteiger partial charge in [-0.1, -0.05) is 6.08 Å². The first-order valence-corrected chi connectivity index (χ1v) is 3.27. The van der Waals surface area contributed by atoms with Crippen molar-refractivity contribution in [2.45, 2.75) is 19.0 Å². The number of hydrogen-bond acceptors (Lipinski definition) is 1. The first-order chi connectivity index (χ1) is 5.37. The number of carboxylic acid groups (broad SMARTS) is 1. The number of halogens is 3. The number of allylic oxidation sites excluding steroid dienone is 1. The summed E-state index contributed by atoms with van der Waals surface area (Å²) in [6, 6.07) is 0. The van der Waals surface area contributed by atoms with Crippen molar-refractivity contribution in [3.05, 3.63) is 12.7 Å². The Kier molecular flexibility index (Phi) is 3.79. The van der Waals surface area contributed by atoms with Crippen molar-refractivity contribution in [3.8, 4) is 0 Å². The van der Waals surface area contributed by atoms with Crippen LogP contribution in [0.1, 0.15) is 12.8 Å². The lowest BCUT2D eigenvalue weighted by Crippen LogP contribution is -2.21. The maximum absolute atomic E-state index is 11.7. The van der Waals surface area contributed by atoms with Crippen LogP contribution in [0.15, 0.2) is 12.7 Å². The Hall–Kier alpha value is -1.00. The molecule has 0 aliphatic heterocycles. The van der Waals surface area contributed by atoms with E-state index in [0.717, 1.165) is 0 Å². The molecule has 0 fully saturated rings. The molecular weight excluding hydrogens is 173 g/mol. The van der Waals surface area contributed by atoms with Gasteiger partial charge < -0.3 is 5.11 Å². The predicted molar refractivity (Wildman–Crippen MR) is 36.6 cm³/mol. The molecule has 0 rings (SSSR count). The summed E-state index contributed by atoms with van der Waals surface area (Å²) in [5.74, 6) is -2.84. The van der Waals surface area contributed by atoms with Crippen molar-refractivity contribution >= 4 is 5.97 Å². The Labute approximate surface area is 67.7 Å². The predicted octanol–water partition coefficient (Wildman–Crippen LogP) is 2.22. The molecule has 1 N–H and O–H groups in total. The molecule has 0 saturated heterocycles. The van der Waals surface area contributed by atoms with E-state index in [0.29, 0.717) is 0 Å². The summed E-state index contributed by atoms with van der Waals surface area (Å²) in [6.07, 6.45) is -4.71. The van der Waals surface area contributed by atoms with E-state index < -0.39 is 24.5 Å². The van der Waals surface area contributed by atoms with Crippen molar-refractivity contribution in [1.29, 1.82) is 0 Å². The molecule has 0 aromatic heterocycles. The van der Waals surface area contributed by atoms with E-state index in [1.165, 1.54) is 6.08 Å². The highest BCUT2D eigenvalue weighted by atomic mass is 19.4. The highest BCUT2D eigenvalue weighted by Crippen LogP contribution is 2.26. The average Bonchev–Trinajstić information content (AvgIpc) is 1.83. The molecule has 0 radical (unpaired) electrons. The smallest absolute Gasteiger partial charge is 0.389 e. The maximum Gasteiger partial charge on any atom is 0.389 e. The first kappa shape index (κ1) is 11.0. The normalized spacial score (nSPS) is 13.9. The van der Waals surface area contributed by atoms with Crippen LogP contribution in [0.2, 0.25) is 0 Å². The van der Waals surface area contributed by atoms with Crippen molar-refractivity contribution in [3.63, 3.8) is 0 Å².